The molecule has 30 heavy (non-hydrogen) atoms. The van der Waals surface area contributed by atoms with Gasteiger partial charge in [0, 0.05) is 11.3 Å². The number of carbonyl (C=O) groups is 1. The maximum atomic E-state index is 13.0. The van der Waals surface area contributed by atoms with Crippen LogP contribution in [0.25, 0.3) is 16.8 Å². The zero-order valence-electron chi connectivity index (χ0n) is 16.9. The molecule has 0 spiro atoms. The highest BCUT2D eigenvalue weighted by molar-refractivity contribution is 7.99. The lowest BCUT2D eigenvalue weighted by atomic mass is 10.0. The van der Waals surface area contributed by atoms with Crippen molar-refractivity contribution in [3.8, 4) is 16.8 Å². The van der Waals surface area contributed by atoms with Gasteiger partial charge in [0.15, 0.2) is 10.9 Å². The third-order valence-corrected chi connectivity index (χ3v) is 6.47. The summed E-state index contributed by atoms with van der Waals surface area (Å²) in [5, 5.41) is 9.24. The van der Waals surface area contributed by atoms with Crippen LogP contribution in [0.2, 0.25) is 0 Å². The number of fused-ring (bicyclic) bond motifs is 3. The molecular weight excluding hydrogens is 390 g/mol. The summed E-state index contributed by atoms with van der Waals surface area (Å²) < 4.78 is 2.00. The van der Waals surface area contributed by atoms with E-state index in [9.17, 15) is 4.79 Å². The van der Waals surface area contributed by atoms with Crippen LogP contribution in [-0.2, 0) is 6.42 Å². The van der Waals surface area contributed by atoms with Crippen LogP contribution in [0.4, 0.5) is 0 Å². The van der Waals surface area contributed by atoms with Gasteiger partial charge in [-0.15, -0.1) is 10.2 Å². The molecule has 0 radical (unpaired) electrons. The summed E-state index contributed by atoms with van der Waals surface area (Å²) in [5.74, 6) is 1.23. The lowest BCUT2D eigenvalue weighted by molar-refractivity contribution is 0.102. The molecule has 0 saturated carbocycles. The molecule has 0 N–H and O–H groups in total. The molecule has 0 saturated heterocycles. The zero-order valence-corrected chi connectivity index (χ0v) is 17.7. The number of Topliss-reactive ketones (excluding diaryl/α,β-unsaturated/α-hetero) is 1. The highest BCUT2D eigenvalue weighted by Crippen LogP contribution is 2.37. The molecule has 4 nitrogen and oxygen atoms in total. The number of hydrogen-bond acceptors (Lipinski definition) is 4. The first-order valence-corrected chi connectivity index (χ1v) is 10.9. The lowest BCUT2D eigenvalue weighted by Crippen LogP contribution is -2.05. The van der Waals surface area contributed by atoms with E-state index in [1.807, 2.05) is 23.6 Å². The predicted octanol–water partition coefficient (Wildman–Crippen LogP) is 5.43. The van der Waals surface area contributed by atoms with E-state index < -0.39 is 0 Å². The van der Waals surface area contributed by atoms with Crippen molar-refractivity contribution in [1.29, 1.82) is 0 Å². The largest absolute Gasteiger partial charge is 0.293 e. The number of benzene rings is 3. The third kappa shape index (κ3) is 3.35. The molecule has 5 rings (SSSR count). The van der Waals surface area contributed by atoms with Crippen LogP contribution in [0.3, 0.4) is 0 Å². The van der Waals surface area contributed by atoms with E-state index in [2.05, 4.69) is 71.7 Å². The minimum Gasteiger partial charge on any atom is -0.293 e. The third-order valence-electron chi connectivity index (χ3n) is 5.54. The van der Waals surface area contributed by atoms with Gasteiger partial charge in [0.25, 0.3) is 0 Å². The molecule has 0 atom stereocenters. The Kier molecular flexibility index (Phi) is 4.75. The molecule has 1 aliphatic rings. The van der Waals surface area contributed by atoms with E-state index in [1.165, 1.54) is 39.6 Å². The van der Waals surface area contributed by atoms with Gasteiger partial charge in [-0.3, -0.25) is 9.36 Å². The van der Waals surface area contributed by atoms with Gasteiger partial charge in [-0.25, -0.2) is 0 Å². The van der Waals surface area contributed by atoms with Gasteiger partial charge in [0.05, 0.1) is 5.75 Å². The molecule has 0 bridgehead atoms. The average molecular weight is 412 g/mol. The van der Waals surface area contributed by atoms with Crippen molar-refractivity contribution >= 4 is 17.5 Å². The number of thioether (sulfide) groups is 1. The number of aromatic nitrogens is 3. The first-order valence-electron chi connectivity index (χ1n) is 9.96. The van der Waals surface area contributed by atoms with Gasteiger partial charge in [-0.05, 0) is 60.7 Å². The lowest BCUT2D eigenvalue weighted by Gasteiger charge is -2.09. The van der Waals surface area contributed by atoms with Crippen LogP contribution in [0.15, 0.2) is 71.9 Å². The SMILES string of the molecule is Cc1ccc(-n2c(C)nnc2SCC(=O)c2ccc3c(c2)-c2ccccc2C3)cc1. The Hall–Kier alpha value is -3.18. The van der Waals surface area contributed by atoms with Gasteiger partial charge in [0.2, 0.25) is 0 Å². The van der Waals surface area contributed by atoms with E-state index in [-0.39, 0.29) is 5.78 Å². The van der Waals surface area contributed by atoms with Crippen molar-refractivity contribution < 1.29 is 4.79 Å². The summed E-state index contributed by atoms with van der Waals surface area (Å²) in [4.78, 5) is 13.0. The number of carbonyl (C=O) groups excluding carboxylic acids is 1. The Morgan fingerprint density at radius 1 is 0.933 bits per heavy atom. The highest BCUT2D eigenvalue weighted by atomic mass is 32.2. The second kappa shape index (κ2) is 7.58. The summed E-state index contributed by atoms with van der Waals surface area (Å²) in [7, 11) is 0. The molecule has 1 aliphatic carbocycles. The minimum absolute atomic E-state index is 0.100. The minimum atomic E-state index is 0.100. The maximum Gasteiger partial charge on any atom is 0.196 e. The maximum absolute atomic E-state index is 13.0. The van der Waals surface area contributed by atoms with Gasteiger partial charge < -0.3 is 0 Å². The summed E-state index contributed by atoms with van der Waals surface area (Å²) in [6.07, 6.45) is 0.938. The van der Waals surface area contributed by atoms with Crippen LogP contribution in [0.5, 0.6) is 0 Å². The average Bonchev–Trinajstić information content (AvgIpc) is 3.32. The number of rotatable bonds is 5. The first kappa shape index (κ1) is 18.8. The summed E-state index contributed by atoms with van der Waals surface area (Å²) >= 11 is 1.43. The van der Waals surface area contributed by atoms with Crippen LogP contribution < -0.4 is 0 Å². The standard InChI is InChI=1S/C25H21N3OS/c1-16-7-11-21(12-8-16)28-17(2)26-27-25(28)30-15-24(29)20-10-9-19-13-18-5-3-4-6-22(18)23(19)14-20/h3-12,14H,13,15H2,1-2H3. The van der Waals surface area contributed by atoms with Crippen molar-refractivity contribution in [2.24, 2.45) is 0 Å². The van der Waals surface area contributed by atoms with E-state index in [0.717, 1.165) is 28.7 Å². The second-order valence-electron chi connectivity index (χ2n) is 7.62. The van der Waals surface area contributed by atoms with Crippen LogP contribution in [-0.4, -0.2) is 26.3 Å². The number of ketones is 1. The normalized spacial score (nSPS) is 11.9. The van der Waals surface area contributed by atoms with Gasteiger partial charge in [0.1, 0.15) is 5.82 Å². The molecule has 4 aromatic rings. The summed E-state index contributed by atoms with van der Waals surface area (Å²) in [6.45, 7) is 3.99. The molecule has 5 heteroatoms. The fourth-order valence-electron chi connectivity index (χ4n) is 3.94. The molecule has 148 valence electrons. The van der Waals surface area contributed by atoms with Crippen LogP contribution >= 0.6 is 11.8 Å². The molecule has 0 unspecified atom stereocenters. The van der Waals surface area contributed by atoms with Gasteiger partial charge in [-0.1, -0.05) is 65.9 Å². The van der Waals surface area contributed by atoms with Gasteiger partial charge in [-0.2, -0.15) is 0 Å². The Morgan fingerprint density at radius 3 is 2.53 bits per heavy atom. The number of hydrogen-bond donors (Lipinski definition) is 0. The van der Waals surface area contributed by atoms with Crippen molar-refractivity contribution in [2.45, 2.75) is 25.4 Å². The molecule has 3 aromatic carbocycles. The molecule has 1 aromatic heterocycles. The fourth-order valence-corrected chi connectivity index (χ4v) is 4.83. The van der Waals surface area contributed by atoms with Gasteiger partial charge >= 0.3 is 0 Å². The van der Waals surface area contributed by atoms with E-state index in [0.29, 0.717) is 5.75 Å². The topological polar surface area (TPSA) is 47.8 Å². The van der Waals surface area contributed by atoms with E-state index >= 15 is 0 Å². The molecule has 0 aliphatic heterocycles. The molecule has 0 amide bonds. The smallest absolute Gasteiger partial charge is 0.196 e. The Bertz CT molecular complexity index is 1260. The molecule has 0 fully saturated rings. The monoisotopic (exact) mass is 411 g/mol. The fraction of sp³-hybridized carbons (Fsp3) is 0.160. The summed E-state index contributed by atoms with van der Waals surface area (Å²) in [6, 6.07) is 22.7. The van der Waals surface area contributed by atoms with Crippen molar-refractivity contribution in [3.63, 3.8) is 0 Å². The van der Waals surface area contributed by atoms with E-state index in [1.54, 1.807) is 0 Å². The van der Waals surface area contributed by atoms with Crippen molar-refractivity contribution in [1.82, 2.24) is 14.8 Å². The molecular formula is C25H21N3OS. The number of aryl methyl sites for hydroxylation is 2. The Balaban J connectivity index is 1.37. The second-order valence-corrected chi connectivity index (χ2v) is 8.56. The quantitative estimate of drug-likeness (QED) is 0.286. The Labute approximate surface area is 180 Å². The zero-order chi connectivity index (χ0) is 20.7. The van der Waals surface area contributed by atoms with Crippen LogP contribution in [0.1, 0.15) is 32.9 Å². The van der Waals surface area contributed by atoms with Crippen LogP contribution in [0, 0.1) is 13.8 Å². The van der Waals surface area contributed by atoms with Crippen molar-refractivity contribution in [2.75, 3.05) is 5.75 Å². The van der Waals surface area contributed by atoms with E-state index in [4.69, 9.17) is 0 Å². The predicted molar refractivity (Wildman–Crippen MR) is 121 cm³/mol. The highest BCUT2D eigenvalue weighted by Gasteiger charge is 2.20. The summed E-state index contributed by atoms with van der Waals surface area (Å²) in [5.41, 5.74) is 7.99. The first-order chi connectivity index (χ1) is 14.6. The van der Waals surface area contributed by atoms with Crippen molar-refractivity contribution in [3.05, 3.63) is 94.8 Å². The number of nitrogens with zero attached hydrogens (tertiary/aromatic N) is 3. The molecule has 1 heterocycles. The Morgan fingerprint density at radius 2 is 1.70 bits per heavy atom.